The Bertz CT molecular complexity index is 2160. The molecule has 8 aromatic carbocycles. The fourth-order valence-corrected chi connectivity index (χ4v) is 6.34. The second-order valence-electron chi connectivity index (χ2n) is 11.9. The molecule has 0 aromatic heterocycles. The third-order valence-corrected chi connectivity index (χ3v) is 8.78. The lowest BCUT2D eigenvalue weighted by Gasteiger charge is -2.26. The van der Waals surface area contributed by atoms with Gasteiger partial charge in [0.1, 0.15) is 0 Å². The van der Waals surface area contributed by atoms with Crippen LogP contribution in [0, 0.1) is 0 Å². The molecule has 0 saturated carbocycles. The molecule has 0 aliphatic rings. The summed E-state index contributed by atoms with van der Waals surface area (Å²) in [5.74, 6) is 0. The van der Waals surface area contributed by atoms with E-state index in [9.17, 15) is 0 Å². The highest BCUT2D eigenvalue weighted by atomic mass is 15.1. The maximum Gasteiger partial charge on any atom is 0.0468 e. The lowest BCUT2D eigenvalue weighted by molar-refractivity contribution is 1.29. The van der Waals surface area contributed by atoms with Crippen LogP contribution < -0.4 is 9.80 Å². The van der Waals surface area contributed by atoms with E-state index in [1.54, 1.807) is 0 Å². The van der Waals surface area contributed by atoms with Crippen molar-refractivity contribution in [1.82, 2.24) is 0 Å². The molecule has 228 valence electrons. The van der Waals surface area contributed by atoms with Crippen molar-refractivity contribution in [3.05, 3.63) is 205 Å². The van der Waals surface area contributed by atoms with E-state index < -0.39 is 0 Å². The van der Waals surface area contributed by atoms with Crippen molar-refractivity contribution in [2.45, 2.75) is 0 Å². The molecule has 8 rings (SSSR count). The lowest BCUT2D eigenvalue weighted by Crippen LogP contribution is -2.09. The summed E-state index contributed by atoms with van der Waals surface area (Å²) in [4.78, 5) is 4.62. The smallest absolute Gasteiger partial charge is 0.0468 e. The lowest BCUT2D eigenvalue weighted by atomic mass is 10.1. The van der Waals surface area contributed by atoms with Crippen LogP contribution in [0.5, 0.6) is 0 Å². The van der Waals surface area contributed by atoms with Gasteiger partial charge < -0.3 is 9.80 Å². The number of para-hydroxylation sites is 2. The summed E-state index contributed by atoms with van der Waals surface area (Å²) >= 11 is 0. The summed E-state index contributed by atoms with van der Waals surface area (Å²) in [6.07, 6.45) is 4.36. The molecule has 0 bridgehead atoms. The highest BCUT2D eigenvalue weighted by Crippen LogP contribution is 2.37. The second-order valence-corrected chi connectivity index (χ2v) is 11.9. The number of anilines is 6. The van der Waals surface area contributed by atoms with Gasteiger partial charge in [-0.05, 0) is 105 Å². The Morgan fingerprint density at radius 2 is 0.562 bits per heavy atom. The average molecular weight is 615 g/mol. The van der Waals surface area contributed by atoms with Crippen molar-refractivity contribution >= 4 is 67.8 Å². The molecule has 0 unspecified atom stereocenters. The summed E-state index contributed by atoms with van der Waals surface area (Å²) in [5, 5.41) is 4.93. The summed E-state index contributed by atoms with van der Waals surface area (Å²) in [6, 6.07) is 69.0. The molecule has 48 heavy (non-hydrogen) atoms. The van der Waals surface area contributed by atoms with E-state index in [1.165, 1.54) is 21.5 Å². The summed E-state index contributed by atoms with van der Waals surface area (Å²) < 4.78 is 0. The van der Waals surface area contributed by atoms with Crippen molar-refractivity contribution in [3.8, 4) is 0 Å². The minimum absolute atomic E-state index is 1.12. The van der Waals surface area contributed by atoms with Crippen LogP contribution in [0.3, 0.4) is 0 Å². The maximum atomic E-state index is 2.31. The van der Waals surface area contributed by atoms with Gasteiger partial charge >= 0.3 is 0 Å². The molecule has 0 saturated heterocycles. The minimum Gasteiger partial charge on any atom is -0.310 e. The van der Waals surface area contributed by atoms with Gasteiger partial charge in [-0.1, -0.05) is 133 Å². The van der Waals surface area contributed by atoms with E-state index in [2.05, 4.69) is 216 Å². The van der Waals surface area contributed by atoms with E-state index in [0.29, 0.717) is 0 Å². The summed E-state index contributed by atoms with van der Waals surface area (Å²) in [6.45, 7) is 0. The Hall–Kier alpha value is -6.38. The quantitative estimate of drug-likeness (QED) is 0.157. The summed E-state index contributed by atoms with van der Waals surface area (Å²) in [7, 11) is 0. The first kappa shape index (κ1) is 29.1. The van der Waals surface area contributed by atoms with Crippen LogP contribution in [0.4, 0.5) is 34.1 Å². The summed E-state index contributed by atoms with van der Waals surface area (Å²) in [5.41, 5.74) is 9.06. The van der Waals surface area contributed by atoms with Gasteiger partial charge in [-0.25, -0.2) is 0 Å². The van der Waals surface area contributed by atoms with Crippen LogP contribution in [-0.2, 0) is 0 Å². The van der Waals surface area contributed by atoms with Crippen molar-refractivity contribution in [3.63, 3.8) is 0 Å². The molecule has 0 N–H and O–H groups in total. The molecule has 0 spiro atoms. The van der Waals surface area contributed by atoms with E-state index in [4.69, 9.17) is 0 Å². The molecule has 8 aromatic rings. The number of benzene rings is 8. The van der Waals surface area contributed by atoms with Gasteiger partial charge in [-0.2, -0.15) is 0 Å². The maximum absolute atomic E-state index is 2.31. The molecule has 2 nitrogen and oxygen atoms in total. The molecule has 0 amide bonds. The van der Waals surface area contributed by atoms with Crippen LogP contribution in [0.2, 0.25) is 0 Å². The van der Waals surface area contributed by atoms with Gasteiger partial charge in [0, 0.05) is 34.1 Å². The Morgan fingerprint density at radius 1 is 0.250 bits per heavy atom. The molecule has 0 atom stereocenters. The number of fused-ring (bicyclic) bond motifs is 2. The number of hydrogen-bond acceptors (Lipinski definition) is 2. The SMILES string of the molecule is C(=C/c1ccc(N(c2ccccc2)c2ccc3ccccc3c2)cc1)/c1ccc(N(c2ccccc2)c2ccc3ccccc3c2)cc1. The van der Waals surface area contributed by atoms with Crippen molar-refractivity contribution in [2.24, 2.45) is 0 Å². The zero-order valence-corrected chi connectivity index (χ0v) is 26.5. The fraction of sp³-hybridized carbons (Fsp3) is 0. The Morgan fingerprint density at radius 3 is 0.958 bits per heavy atom. The Balaban J connectivity index is 1.05. The van der Waals surface area contributed by atoms with Gasteiger partial charge in [-0.3, -0.25) is 0 Å². The standard InChI is InChI=1S/C46H34N2/c1-3-15-41(16-4-1)47(45-31-25-37-11-7-9-13-39(37)33-45)43-27-21-35(22-28-43)19-20-36-23-29-44(30-24-36)48(42-17-5-2-6-18-42)46-32-26-38-12-8-10-14-40(38)34-46/h1-34H/b20-19-. The molecule has 0 radical (unpaired) electrons. The fourth-order valence-electron chi connectivity index (χ4n) is 6.34. The first-order chi connectivity index (χ1) is 23.8. The first-order valence-electron chi connectivity index (χ1n) is 16.3. The van der Waals surface area contributed by atoms with Gasteiger partial charge in [-0.15, -0.1) is 0 Å². The number of nitrogens with zero attached hydrogens (tertiary/aromatic N) is 2. The zero-order valence-electron chi connectivity index (χ0n) is 26.5. The Labute approximate surface area is 282 Å². The van der Waals surface area contributed by atoms with Gasteiger partial charge in [0.25, 0.3) is 0 Å². The van der Waals surface area contributed by atoms with Gasteiger partial charge in [0.05, 0.1) is 0 Å². The number of rotatable bonds is 8. The van der Waals surface area contributed by atoms with Crippen molar-refractivity contribution in [1.29, 1.82) is 0 Å². The van der Waals surface area contributed by atoms with Gasteiger partial charge in [0.2, 0.25) is 0 Å². The molecule has 0 fully saturated rings. The van der Waals surface area contributed by atoms with Crippen molar-refractivity contribution < 1.29 is 0 Å². The highest BCUT2D eigenvalue weighted by molar-refractivity contribution is 5.90. The van der Waals surface area contributed by atoms with Gasteiger partial charge in [0.15, 0.2) is 0 Å². The molecule has 2 heteroatoms. The average Bonchev–Trinajstić information content (AvgIpc) is 3.16. The molecule has 0 heterocycles. The highest BCUT2D eigenvalue weighted by Gasteiger charge is 2.14. The Kier molecular flexibility index (Phi) is 7.96. The zero-order chi connectivity index (χ0) is 32.1. The minimum atomic E-state index is 1.12. The molecular weight excluding hydrogens is 581 g/mol. The van der Waals surface area contributed by atoms with Crippen LogP contribution in [-0.4, -0.2) is 0 Å². The van der Waals surface area contributed by atoms with Crippen LogP contribution in [0.25, 0.3) is 33.7 Å². The van der Waals surface area contributed by atoms with Crippen LogP contribution >= 0.6 is 0 Å². The first-order valence-corrected chi connectivity index (χ1v) is 16.3. The molecule has 0 aliphatic carbocycles. The number of hydrogen-bond donors (Lipinski definition) is 0. The van der Waals surface area contributed by atoms with E-state index >= 15 is 0 Å². The van der Waals surface area contributed by atoms with Crippen molar-refractivity contribution in [2.75, 3.05) is 9.80 Å². The predicted octanol–water partition coefficient (Wildman–Crippen LogP) is 13.1. The monoisotopic (exact) mass is 614 g/mol. The van der Waals surface area contributed by atoms with E-state index in [1.807, 2.05) is 0 Å². The van der Waals surface area contributed by atoms with Crippen LogP contribution in [0.1, 0.15) is 11.1 Å². The second kappa shape index (κ2) is 13.2. The molecular formula is C46H34N2. The molecule has 0 aliphatic heterocycles. The van der Waals surface area contributed by atoms with Crippen LogP contribution in [0.15, 0.2) is 194 Å². The normalized spacial score (nSPS) is 11.2. The third kappa shape index (κ3) is 6.08. The third-order valence-electron chi connectivity index (χ3n) is 8.78. The van der Waals surface area contributed by atoms with E-state index in [0.717, 1.165) is 45.3 Å². The van der Waals surface area contributed by atoms with E-state index in [-0.39, 0.29) is 0 Å². The topological polar surface area (TPSA) is 6.48 Å². The largest absolute Gasteiger partial charge is 0.310 e. The predicted molar refractivity (Wildman–Crippen MR) is 206 cm³/mol.